The third kappa shape index (κ3) is 4.54. The van der Waals surface area contributed by atoms with E-state index in [0.717, 1.165) is 30.4 Å². The summed E-state index contributed by atoms with van der Waals surface area (Å²) in [4.78, 5) is 3.36. The fourth-order valence-electron chi connectivity index (χ4n) is 4.18. The highest BCUT2D eigenvalue weighted by atomic mass is 32.1. The minimum Gasteiger partial charge on any atom is -0.492 e. The van der Waals surface area contributed by atoms with Crippen LogP contribution in [0.1, 0.15) is 51.2 Å². The molecule has 0 atom stereocenters. The Balaban J connectivity index is 1.47. The number of likely N-dealkylation sites (tertiary alicyclic amines) is 1. The first kappa shape index (κ1) is 20.9. The maximum absolute atomic E-state index is 6.05. The number of thiocarbonyl (C=S) groups is 1. The molecule has 4 rings (SSSR count). The van der Waals surface area contributed by atoms with Gasteiger partial charge in [-0.2, -0.15) is 0 Å². The molecule has 3 aromatic rings. The number of ether oxygens (including phenoxy) is 1. The highest BCUT2D eigenvalue weighted by molar-refractivity contribution is 7.80. The summed E-state index contributed by atoms with van der Waals surface area (Å²) in [5.74, 6) is 0.920. The molecule has 0 spiro atoms. The summed E-state index contributed by atoms with van der Waals surface area (Å²) < 4.78 is 8.33. The van der Waals surface area contributed by atoms with Crippen molar-refractivity contribution in [2.45, 2.75) is 52.0 Å². The molecule has 1 aliphatic rings. The maximum atomic E-state index is 6.05. The molecule has 0 aliphatic carbocycles. The van der Waals surface area contributed by atoms with Crippen LogP contribution in [0.5, 0.6) is 5.75 Å². The molecule has 158 valence electrons. The first-order chi connectivity index (χ1) is 14.4. The van der Waals surface area contributed by atoms with Crippen LogP contribution in [0.4, 0.5) is 0 Å². The first-order valence-corrected chi connectivity index (χ1v) is 11.4. The van der Waals surface area contributed by atoms with Crippen LogP contribution in [-0.4, -0.2) is 34.2 Å². The Hall–Kier alpha value is -2.33. The lowest BCUT2D eigenvalue weighted by Crippen LogP contribution is -2.34. The quantitative estimate of drug-likeness (QED) is 0.459. The van der Waals surface area contributed by atoms with Gasteiger partial charge in [-0.25, -0.2) is 0 Å². The molecule has 0 unspecified atom stereocenters. The summed E-state index contributed by atoms with van der Waals surface area (Å²) in [6.45, 7) is 10.3. The molecule has 30 heavy (non-hydrogen) atoms. The Morgan fingerprint density at radius 3 is 2.37 bits per heavy atom. The van der Waals surface area contributed by atoms with Crippen molar-refractivity contribution < 1.29 is 4.74 Å². The van der Waals surface area contributed by atoms with E-state index >= 15 is 0 Å². The molecule has 0 saturated carbocycles. The molecule has 0 bridgehead atoms. The van der Waals surface area contributed by atoms with E-state index in [0.29, 0.717) is 6.61 Å². The third-order valence-electron chi connectivity index (χ3n) is 5.98. The molecule has 1 aromatic heterocycles. The van der Waals surface area contributed by atoms with Crippen LogP contribution < -0.4 is 4.74 Å². The lowest BCUT2D eigenvalue weighted by Gasteiger charge is -2.28. The topological polar surface area (TPSA) is 17.4 Å². The van der Waals surface area contributed by atoms with E-state index in [-0.39, 0.29) is 5.41 Å². The van der Waals surface area contributed by atoms with Crippen LogP contribution in [0.15, 0.2) is 54.7 Å². The van der Waals surface area contributed by atoms with Crippen molar-refractivity contribution >= 4 is 28.1 Å². The average molecular weight is 421 g/mol. The summed E-state index contributed by atoms with van der Waals surface area (Å²) in [7, 11) is 0. The summed E-state index contributed by atoms with van der Waals surface area (Å²) in [5.41, 5.74) is 3.88. The number of para-hydroxylation sites is 1. The molecule has 0 amide bonds. The Labute approximate surface area is 185 Å². The molecular formula is C26H32N2OS. The predicted molar refractivity (Wildman–Crippen MR) is 130 cm³/mol. The number of hydrogen-bond acceptors (Lipinski definition) is 2. The Bertz CT molecular complexity index is 1010. The first-order valence-electron chi connectivity index (χ1n) is 11.0. The van der Waals surface area contributed by atoms with Gasteiger partial charge in [0, 0.05) is 35.8 Å². The summed E-state index contributed by atoms with van der Waals surface area (Å²) in [5, 5.41) is 1.24. The van der Waals surface area contributed by atoms with Crippen molar-refractivity contribution in [3.05, 3.63) is 65.9 Å². The lowest BCUT2D eigenvalue weighted by molar-refractivity contribution is 0.300. The Morgan fingerprint density at radius 2 is 1.67 bits per heavy atom. The number of benzene rings is 2. The summed E-state index contributed by atoms with van der Waals surface area (Å²) in [6.07, 6.45) is 6.00. The van der Waals surface area contributed by atoms with Gasteiger partial charge >= 0.3 is 0 Å². The SMILES string of the molecule is CC(C)(C)c1ccc(OCCn2cc(C(=S)N3CCCCC3)c3ccccc32)cc1. The minimum atomic E-state index is 0.158. The molecule has 2 heterocycles. The van der Waals surface area contributed by atoms with Gasteiger partial charge in [-0.05, 0) is 48.4 Å². The third-order valence-corrected chi connectivity index (χ3v) is 6.46. The molecule has 2 aromatic carbocycles. The van der Waals surface area contributed by atoms with Gasteiger partial charge in [-0.15, -0.1) is 0 Å². The van der Waals surface area contributed by atoms with E-state index in [4.69, 9.17) is 17.0 Å². The summed E-state index contributed by atoms with van der Waals surface area (Å²) in [6, 6.07) is 17.0. The van der Waals surface area contributed by atoms with Crippen LogP contribution >= 0.6 is 12.2 Å². The van der Waals surface area contributed by atoms with E-state index in [2.05, 4.69) is 85.0 Å². The van der Waals surface area contributed by atoms with Gasteiger partial charge in [0.2, 0.25) is 0 Å². The molecule has 3 nitrogen and oxygen atoms in total. The van der Waals surface area contributed by atoms with Crippen molar-refractivity contribution in [1.82, 2.24) is 9.47 Å². The number of rotatable bonds is 5. The number of aromatic nitrogens is 1. The van der Waals surface area contributed by atoms with Gasteiger partial charge in [0.15, 0.2) is 0 Å². The van der Waals surface area contributed by atoms with Crippen molar-refractivity contribution in [2.24, 2.45) is 0 Å². The standard InChI is InChI=1S/C26H32N2OS/c1-26(2,3)20-11-13-21(14-12-20)29-18-17-28-19-23(22-9-5-6-10-24(22)28)25(30)27-15-7-4-8-16-27/h5-6,9-14,19H,4,7-8,15-18H2,1-3H3. The van der Waals surface area contributed by atoms with Crippen LogP contribution in [0, 0.1) is 0 Å². The smallest absolute Gasteiger partial charge is 0.119 e. The number of fused-ring (bicyclic) bond motifs is 1. The molecular weight excluding hydrogens is 388 g/mol. The highest BCUT2D eigenvalue weighted by Gasteiger charge is 2.19. The molecule has 1 aliphatic heterocycles. The second-order valence-electron chi connectivity index (χ2n) is 9.23. The van der Waals surface area contributed by atoms with E-state index < -0.39 is 0 Å². The monoisotopic (exact) mass is 420 g/mol. The van der Waals surface area contributed by atoms with Gasteiger partial charge in [0.1, 0.15) is 17.3 Å². The maximum Gasteiger partial charge on any atom is 0.119 e. The Morgan fingerprint density at radius 1 is 0.967 bits per heavy atom. The fourth-order valence-corrected chi connectivity index (χ4v) is 4.53. The van der Waals surface area contributed by atoms with Crippen LogP contribution in [0.2, 0.25) is 0 Å². The van der Waals surface area contributed by atoms with Crippen molar-refractivity contribution in [3.63, 3.8) is 0 Å². The largest absolute Gasteiger partial charge is 0.492 e. The second-order valence-corrected chi connectivity index (χ2v) is 9.62. The number of piperidine rings is 1. The van der Waals surface area contributed by atoms with Crippen LogP contribution in [-0.2, 0) is 12.0 Å². The van der Waals surface area contributed by atoms with E-state index in [9.17, 15) is 0 Å². The van der Waals surface area contributed by atoms with E-state index in [1.807, 2.05) is 0 Å². The molecule has 1 fully saturated rings. The zero-order chi connectivity index (χ0) is 21.1. The van der Waals surface area contributed by atoms with E-state index in [1.54, 1.807) is 0 Å². The molecule has 0 N–H and O–H groups in total. The zero-order valence-electron chi connectivity index (χ0n) is 18.4. The normalized spacial score (nSPS) is 14.8. The van der Waals surface area contributed by atoms with Crippen LogP contribution in [0.3, 0.4) is 0 Å². The number of hydrogen-bond donors (Lipinski definition) is 0. The van der Waals surface area contributed by atoms with Gasteiger partial charge < -0.3 is 14.2 Å². The van der Waals surface area contributed by atoms with Gasteiger partial charge in [0.05, 0.1) is 6.54 Å². The second kappa shape index (κ2) is 8.81. The molecule has 0 radical (unpaired) electrons. The molecule has 4 heteroatoms. The number of nitrogens with zero attached hydrogens (tertiary/aromatic N) is 2. The van der Waals surface area contributed by atoms with Crippen molar-refractivity contribution in [3.8, 4) is 5.75 Å². The van der Waals surface area contributed by atoms with Crippen LogP contribution in [0.25, 0.3) is 10.9 Å². The van der Waals surface area contributed by atoms with E-state index in [1.165, 1.54) is 41.3 Å². The van der Waals surface area contributed by atoms with Gasteiger partial charge in [0.25, 0.3) is 0 Å². The summed E-state index contributed by atoms with van der Waals surface area (Å²) >= 11 is 5.89. The predicted octanol–water partition coefficient (Wildman–Crippen LogP) is 6.18. The zero-order valence-corrected chi connectivity index (χ0v) is 19.2. The Kier molecular flexibility index (Phi) is 6.14. The van der Waals surface area contributed by atoms with Gasteiger partial charge in [-0.1, -0.05) is 63.3 Å². The van der Waals surface area contributed by atoms with Crippen molar-refractivity contribution in [2.75, 3.05) is 19.7 Å². The van der Waals surface area contributed by atoms with Crippen molar-refractivity contribution in [1.29, 1.82) is 0 Å². The molecule has 1 saturated heterocycles. The average Bonchev–Trinajstić information content (AvgIpc) is 3.12. The minimum absolute atomic E-state index is 0.158. The highest BCUT2D eigenvalue weighted by Crippen LogP contribution is 2.26. The fraction of sp³-hybridized carbons (Fsp3) is 0.423. The van der Waals surface area contributed by atoms with Gasteiger partial charge in [-0.3, -0.25) is 0 Å². The lowest BCUT2D eigenvalue weighted by atomic mass is 9.87.